The van der Waals surface area contributed by atoms with Gasteiger partial charge in [-0.05, 0) is 31.0 Å². The number of benzene rings is 2. The largest absolute Gasteiger partial charge is 0.496 e. The van der Waals surface area contributed by atoms with Crippen molar-refractivity contribution in [3.05, 3.63) is 64.6 Å². The number of para-hydroxylation sites is 3. The molecule has 7 nitrogen and oxygen atoms in total. The summed E-state index contributed by atoms with van der Waals surface area (Å²) < 4.78 is 18.0. The van der Waals surface area contributed by atoms with Gasteiger partial charge in [-0.25, -0.2) is 4.79 Å². The molecule has 7 heteroatoms. The minimum absolute atomic E-state index is 0.0337. The van der Waals surface area contributed by atoms with Gasteiger partial charge in [-0.1, -0.05) is 30.3 Å². The summed E-state index contributed by atoms with van der Waals surface area (Å²) in [7, 11) is 1.63. The van der Waals surface area contributed by atoms with Crippen molar-refractivity contribution >= 4 is 17.0 Å². The van der Waals surface area contributed by atoms with Crippen LogP contribution in [0.15, 0.2) is 57.7 Å². The van der Waals surface area contributed by atoms with Crippen LogP contribution in [0.25, 0.3) is 11.1 Å². The fraction of sp³-hybridized carbons (Fsp3) is 0.391. The number of hydrogen-bond acceptors (Lipinski definition) is 5. The first-order chi connectivity index (χ1) is 14.7. The highest BCUT2D eigenvalue weighted by atomic mass is 16.5. The third-order valence-electron chi connectivity index (χ3n) is 5.48. The van der Waals surface area contributed by atoms with Crippen molar-refractivity contribution in [2.24, 2.45) is 0 Å². The van der Waals surface area contributed by atoms with Gasteiger partial charge in [0.25, 0.3) is 0 Å². The van der Waals surface area contributed by atoms with E-state index in [-0.39, 0.29) is 25.0 Å². The predicted octanol–water partition coefficient (Wildman–Crippen LogP) is 3.20. The second kappa shape index (κ2) is 9.17. The van der Waals surface area contributed by atoms with Gasteiger partial charge < -0.3 is 18.8 Å². The van der Waals surface area contributed by atoms with Crippen LogP contribution in [0.1, 0.15) is 24.8 Å². The van der Waals surface area contributed by atoms with E-state index in [2.05, 4.69) is 0 Å². The summed E-state index contributed by atoms with van der Waals surface area (Å²) >= 11 is 0. The Morgan fingerprint density at radius 2 is 2.00 bits per heavy atom. The summed E-state index contributed by atoms with van der Waals surface area (Å²) in [5, 5.41) is 0. The first kappa shape index (κ1) is 20.2. The van der Waals surface area contributed by atoms with E-state index in [9.17, 15) is 9.59 Å². The normalized spacial score (nSPS) is 16.1. The van der Waals surface area contributed by atoms with Crippen molar-refractivity contribution in [1.82, 2.24) is 9.47 Å². The molecule has 158 valence electrons. The van der Waals surface area contributed by atoms with Crippen LogP contribution in [0, 0.1) is 0 Å². The molecule has 1 unspecified atom stereocenters. The molecule has 0 bridgehead atoms. The minimum Gasteiger partial charge on any atom is -0.496 e. The van der Waals surface area contributed by atoms with Crippen LogP contribution in [0.5, 0.6) is 5.75 Å². The fourth-order valence-electron chi connectivity index (χ4n) is 3.92. The number of aryl methyl sites for hydroxylation is 1. The van der Waals surface area contributed by atoms with E-state index in [1.807, 2.05) is 42.5 Å². The van der Waals surface area contributed by atoms with Crippen molar-refractivity contribution in [1.29, 1.82) is 0 Å². The molecule has 0 spiro atoms. The maximum atomic E-state index is 13.2. The molecule has 1 atom stereocenters. The Kier molecular flexibility index (Phi) is 6.18. The van der Waals surface area contributed by atoms with Gasteiger partial charge in [0.05, 0.1) is 18.7 Å². The molecule has 1 aliphatic heterocycles. The highest BCUT2D eigenvalue weighted by Crippen LogP contribution is 2.22. The second-order valence-corrected chi connectivity index (χ2v) is 7.46. The number of methoxy groups -OCH3 is 1. The number of hydrogen-bond donors (Lipinski definition) is 0. The number of rotatable bonds is 8. The quantitative estimate of drug-likeness (QED) is 0.570. The van der Waals surface area contributed by atoms with Crippen LogP contribution in [0.4, 0.5) is 0 Å². The molecule has 2 aromatic carbocycles. The maximum absolute atomic E-state index is 13.2. The van der Waals surface area contributed by atoms with Crippen molar-refractivity contribution in [2.45, 2.75) is 38.5 Å². The Hall–Kier alpha value is -3.06. The molecule has 0 aliphatic carbocycles. The molecule has 0 radical (unpaired) electrons. The third-order valence-corrected chi connectivity index (χ3v) is 5.48. The second-order valence-electron chi connectivity index (χ2n) is 7.46. The summed E-state index contributed by atoms with van der Waals surface area (Å²) in [6.07, 6.45) is 2.20. The van der Waals surface area contributed by atoms with Gasteiger partial charge in [0.2, 0.25) is 5.91 Å². The molecule has 1 amide bonds. The molecule has 0 N–H and O–H groups in total. The van der Waals surface area contributed by atoms with Crippen LogP contribution in [0.2, 0.25) is 0 Å². The zero-order valence-corrected chi connectivity index (χ0v) is 17.1. The Bertz CT molecular complexity index is 1060. The van der Waals surface area contributed by atoms with Gasteiger partial charge in [0.1, 0.15) is 5.75 Å². The Balaban J connectivity index is 1.51. The molecule has 30 heavy (non-hydrogen) atoms. The lowest BCUT2D eigenvalue weighted by Gasteiger charge is -2.26. The molecule has 1 fully saturated rings. The molecule has 0 saturated carbocycles. The average Bonchev–Trinajstić information content (AvgIpc) is 3.38. The number of carbonyl (C=O) groups is 1. The van der Waals surface area contributed by atoms with E-state index in [1.165, 1.54) is 4.57 Å². The predicted molar refractivity (Wildman–Crippen MR) is 112 cm³/mol. The summed E-state index contributed by atoms with van der Waals surface area (Å²) in [4.78, 5) is 27.2. The number of ether oxygens (including phenoxy) is 2. The van der Waals surface area contributed by atoms with Crippen LogP contribution in [0.3, 0.4) is 0 Å². The van der Waals surface area contributed by atoms with Gasteiger partial charge >= 0.3 is 5.76 Å². The van der Waals surface area contributed by atoms with Crippen LogP contribution in [-0.4, -0.2) is 41.7 Å². The third kappa shape index (κ3) is 4.41. The lowest BCUT2D eigenvalue weighted by molar-refractivity contribution is -0.133. The monoisotopic (exact) mass is 410 g/mol. The Morgan fingerprint density at radius 1 is 1.20 bits per heavy atom. The summed E-state index contributed by atoms with van der Waals surface area (Å²) in [5.41, 5.74) is 2.17. The SMILES string of the molecule is COc1ccccc1CN(CC1CCCO1)C(=O)CCn1c(=O)oc2ccccc21. The smallest absolute Gasteiger partial charge is 0.419 e. The molecular weight excluding hydrogens is 384 g/mol. The van der Waals surface area contributed by atoms with Gasteiger partial charge in [0, 0.05) is 38.2 Å². The van der Waals surface area contributed by atoms with Crippen LogP contribution in [-0.2, 0) is 22.6 Å². The number of fused-ring (bicyclic) bond motifs is 1. The Morgan fingerprint density at radius 3 is 2.80 bits per heavy atom. The number of carbonyl (C=O) groups excluding carboxylic acids is 1. The van der Waals surface area contributed by atoms with E-state index in [0.717, 1.165) is 30.8 Å². The van der Waals surface area contributed by atoms with Crippen molar-refractivity contribution in [3.8, 4) is 5.75 Å². The summed E-state index contributed by atoms with van der Waals surface area (Å²) in [6, 6.07) is 14.9. The summed E-state index contributed by atoms with van der Waals surface area (Å²) in [5.74, 6) is 0.271. The highest BCUT2D eigenvalue weighted by molar-refractivity contribution is 5.77. The van der Waals surface area contributed by atoms with E-state index >= 15 is 0 Å². The molecule has 2 heterocycles. The van der Waals surface area contributed by atoms with Gasteiger partial charge in [-0.15, -0.1) is 0 Å². The first-order valence-corrected chi connectivity index (χ1v) is 10.3. The summed E-state index contributed by atoms with van der Waals surface area (Å²) in [6.45, 7) is 1.96. The van der Waals surface area contributed by atoms with Crippen molar-refractivity contribution < 1.29 is 18.7 Å². The molecule has 1 aliphatic rings. The minimum atomic E-state index is -0.445. The number of nitrogens with zero attached hydrogens (tertiary/aromatic N) is 2. The van der Waals surface area contributed by atoms with Gasteiger partial charge in [-0.2, -0.15) is 0 Å². The van der Waals surface area contributed by atoms with E-state index < -0.39 is 5.76 Å². The molecular formula is C23H26N2O5. The van der Waals surface area contributed by atoms with Crippen molar-refractivity contribution in [2.75, 3.05) is 20.3 Å². The zero-order valence-electron chi connectivity index (χ0n) is 17.1. The van der Waals surface area contributed by atoms with Gasteiger partial charge in [-0.3, -0.25) is 9.36 Å². The molecule has 3 aromatic rings. The lowest BCUT2D eigenvalue weighted by Crippen LogP contribution is -2.37. The topological polar surface area (TPSA) is 73.9 Å². The molecule has 4 rings (SSSR count). The number of oxazole rings is 1. The average molecular weight is 410 g/mol. The zero-order chi connectivity index (χ0) is 20.9. The molecule has 1 saturated heterocycles. The van der Waals surface area contributed by atoms with E-state index in [1.54, 1.807) is 18.1 Å². The molecule has 1 aromatic heterocycles. The fourth-order valence-corrected chi connectivity index (χ4v) is 3.92. The van der Waals surface area contributed by atoms with Gasteiger partial charge in [0.15, 0.2) is 5.58 Å². The van der Waals surface area contributed by atoms with Crippen molar-refractivity contribution in [3.63, 3.8) is 0 Å². The van der Waals surface area contributed by atoms with E-state index in [0.29, 0.717) is 24.2 Å². The Labute approximate surface area is 174 Å². The standard InChI is InChI=1S/C23H26N2O5/c1-28-20-10-4-2-7-17(20)15-24(16-18-8-6-14-29-18)22(26)12-13-25-19-9-3-5-11-21(19)30-23(25)27/h2-5,7,9-11,18H,6,8,12-16H2,1H3. The van der Waals surface area contributed by atoms with E-state index in [4.69, 9.17) is 13.9 Å². The lowest BCUT2D eigenvalue weighted by atomic mass is 10.1. The van der Waals surface area contributed by atoms with Crippen LogP contribution < -0.4 is 10.5 Å². The number of aromatic nitrogens is 1. The maximum Gasteiger partial charge on any atom is 0.419 e. The highest BCUT2D eigenvalue weighted by Gasteiger charge is 2.24. The van der Waals surface area contributed by atoms with Crippen LogP contribution >= 0.6 is 0 Å². The number of amides is 1. The first-order valence-electron chi connectivity index (χ1n) is 10.3.